The third-order valence-corrected chi connectivity index (χ3v) is 4.01. The average Bonchev–Trinajstić information content (AvgIpc) is 3.14. The predicted molar refractivity (Wildman–Crippen MR) is 78.8 cm³/mol. The number of imidazole rings is 1. The average molecular weight is 299 g/mol. The molecule has 112 valence electrons. The molecule has 3 aromatic rings. The fraction of sp³-hybridized carbons (Fsp3) is 0.267. The van der Waals surface area contributed by atoms with E-state index in [1.165, 1.54) is 18.5 Å². The predicted octanol–water partition coefficient (Wildman–Crippen LogP) is 1.80. The molecule has 0 aliphatic carbocycles. The second kappa shape index (κ2) is 5.03. The highest BCUT2D eigenvalue weighted by atomic mass is 19.1. The lowest BCUT2D eigenvalue weighted by molar-refractivity contribution is 0.194. The molecule has 2 atom stereocenters. The van der Waals surface area contributed by atoms with Gasteiger partial charge in [0.1, 0.15) is 17.7 Å². The first kappa shape index (κ1) is 13.1. The van der Waals surface area contributed by atoms with E-state index < -0.39 is 6.10 Å². The van der Waals surface area contributed by atoms with Crippen LogP contribution in [0.5, 0.6) is 0 Å². The molecule has 2 N–H and O–H groups in total. The fourth-order valence-electron chi connectivity index (χ4n) is 3.02. The van der Waals surface area contributed by atoms with Crippen LogP contribution in [0.1, 0.15) is 18.0 Å². The number of nitrogens with zero attached hydrogens (tertiary/aromatic N) is 4. The first-order chi connectivity index (χ1) is 10.7. The van der Waals surface area contributed by atoms with Crippen molar-refractivity contribution in [1.29, 1.82) is 0 Å². The molecule has 22 heavy (non-hydrogen) atoms. The van der Waals surface area contributed by atoms with Crippen molar-refractivity contribution in [2.45, 2.75) is 18.6 Å². The number of aliphatic hydroxyl groups is 1. The second-order valence-electron chi connectivity index (χ2n) is 5.41. The number of aliphatic hydroxyl groups excluding tert-OH is 1. The van der Waals surface area contributed by atoms with Gasteiger partial charge in [-0.25, -0.2) is 19.3 Å². The minimum atomic E-state index is -0.456. The van der Waals surface area contributed by atoms with Gasteiger partial charge in [0.25, 0.3) is 0 Å². The van der Waals surface area contributed by atoms with E-state index in [0.717, 1.165) is 11.1 Å². The van der Waals surface area contributed by atoms with Gasteiger partial charge in [-0.2, -0.15) is 0 Å². The maximum absolute atomic E-state index is 13.1. The molecule has 1 saturated heterocycles. The lowest BCUT2D eigenvalue weighted by Gasteiger charge is -2.25. The molecule has 2 aromatic heterocycles. The van der Waals surface area contributed by atoms with Gasteiger partial charge >= 0.3 is 0 Å². The molecule has 0 bridgehead atoms. The first-order valence-corrected chi connectivity index (χ1v) is 7.06. The van der Waals surface area contributed by atoms with Gasteiger partial charge in [0, 0.05) is 6.54 Å². The highest BCUT2D eigenvalue weighted by molar-refractivity contribution is 5.83. The second-order valence-corrected chi connectivity index (χ2v) is 5.41. The van der Waals surface area contributed by atoms with Gasteiger partial charge in [-0.1, -0.05) is 12.1 Å². The van der Waals surface area contributed by atoms with Crippen LogP contribution in [0.4, 0.5) is 10.2 Å². The van der Waals surface area contributed by atoms with Crippen LogP contribution in [-0.2, 0) is 0 Å². The Hall–Kier alpha value is -2.54. The molecule has 0 saturated carbocycles. The number of nitrogens with one attached hydrogen (secondary N) is 1. The molecular weight excluding hydrogens is 285 g/mol. The summed E-state index contributed by atoms with van der Waals surface area (Å²) in [5.74, 6) is 0.431. The van der Waals surface area contributed by atoms with E-state index in [0.29, 0.717) is 24.4 Å². The van der Waals surface area contributed by atoms with Gasteiger partial charge in [0.05, 0.1) is 18.5 Å². The van der Waals surface area contributed by atoms with Gasteiger partial charge in [0.15, 0.2) is 11.5 Å². The number of anilines is 1. The molecule has 1 aliphatic heterocycles. The SMILES string of the molecule is OC1CC(c2ccc(F)cc2)N(c2ncnc3nc[nH]c23)C1. The third kappa shape index (κ3) is 2.10. The normalized spacial score (nSPS) is 21.6. The number of β-amino-alcohol motifs (C(OH)–C–C–N with tert-alkyl or cyclic N) is 1. The van der Waals surface area contributed by atoms with E-state index in [-0.39, 0.29) is 11.9 Å². The summed E-state index contributed by atoms with van der Waals surface area (Å²) >= 11 is 0. The molecule has 0 amide bonds. The Morgan fingerprint density at radius 2 is 2.00 bits per heavy atom. The van der Waals surface area contributed by atoms with Crippen molar-refractivity contribution in [3.05, 3.63) is 48.3 Å². The van der Waals surface area contributed by atoms with Crippen LogP contribution < -0.4 is 4.90 Å². The smallest absolute Gasteiger partial charge is 0.182 e. The van der Waals surface area contributed by atoms with E-state index in [9.17, 15) is 9.50 Å². The van der Waals surface area contributed by atoms with E-state index in [1.54, 1.807) is 18.5 Å². The quantitative estimate of drug-likeness (QED) is 0.754. The Labute approximate surface area is 125 Å². The summed E-state index contributed by atoms with van der Waals surface area (Å²) < 4.78 is 13.1. The van der Waals surface area contributed by atoms with Crippen LogP contribution >= 0.6 is 0 Å². The van der Waals surface area contributed by atoms with Gasteiger partial charge in [0.2, 0.25) is 0 Å². The summed E-state index contributed by atoms with van der Waals surface area (Å²) in [5.41, 5.74) is 2.28. The zero-order chi connectivity index (χ0) is 15.1. The molecule has 6 nitrogen and oxygen atoms in total. The number of benzene rings is 1. The largest absolute Gasteiger partial charge is 0.391 e. The standard InChI is InChI=1S/C15H14FN5O/c16-10-3-1-9(2-4-10)12-5-11(22)6-21(12)15-13-14(18-7-17-13)19-8-20-15/h1-4,7-8,11-12,22H,5-6H2,(H,17,18,19,20). The van der Waals surface area contributed by atoms with Crippen LogP contribution in [0.15, 0.2) is 36.9 Å². The van der Waals surface area contributed by atoms with Crippen molar-refractivity contribution < 1.29 is 9.50 Å². The lowest BCUT2D eigenvalue weighted by atomic mass is 10.0. The molecule has 7 heteroatoms. The Morgan fingerprint density at radius 1 is 1.18 bits per heavy atom. The Kier molecular flexibility index (Phi) is 3.00. The molecule has 0 radical (unpaired) electrons. The van der Waals surface area contributed by atoms with Crippen molar-refractivity contribution >= 4 is 17.0 Å². The fourth-order valence-corrected chi connectivity index (χ4v) is 3.02. The molecule has 1 fully saturated rings. The van der Waals surface area contributed by atoms with Crippen molar-refractivity contribution in [2.75, 3.05) is 11.4 Å². The summed E-state index contributed by atoms with van der Waals surface area (Å²) in [6.45, 7) is 0.465. The van der Waals surface area contributed by atoms with E-state index in [4.69, 9.17) is 0 Å². The van der Waals surface area contributed by atoms with Crippen molar-refractivity contribution in [3.8, 4) is 0 Å². The minimum absolute atomic E-state index is 0.0583. The van der Waals surface area contributed by atoms with E-state index in [2.05, 4.69) is 19.9 Å². The molecule has 1 aromatic carbocycles. The maximum atomic E-state index is 13.1. The van der Waals surface area contributed by atoms with Crippen LogP contribution in [0.3, 0.4) is 0 Å². The van der Waals surface area contributed by atoms with Crippen molar-refractivity contribution in [1.82, 2.24) is 19.9 Å². The summed E-state index contributed by atoms with van der Waals surface area (Å²) in [7, 11) is 0. The number of rotatable bonds is 2. The Morgan fingerprint density at radius 3 is 2.82 bits per heavy atom. The molecule has 0 spiro atoms. The maximum Gasteiger partial charge on any atom is 0.182 e. The number of halogens is 1. The lowest BCUT2D eigenvalue weighted by Crippen LogP contribution is -2.25. The Balaban J connectivity index is 1.78. The Bertz CT molecular complexity index is 803. The zero-order valence-corrected chi connectivity index (χ0v) is 11.6. The molecule has 4 rings (SSSR count). The molecular formula is C15H14FN5O. The summed E-state index contributed by atoms with van der Waals surface area (Å²) in [6, 6.07) is 6.30. The van der Waals surface area contributed by atoms with Crippen molar-refractivity contribution in [2.24, 2.45) is 0 Å². The van der Waals surface area contributed by atoms with Crippen molar-refractivity contribution in [3.63, 3.8) is 0 Å². The third-order valence-electron chi connectivity index (χ3n) is 4.01. The highest BCUT2D eigenvalue weighted by Crippen LogP contribution is 2.37. The summed E-state index contributed by atoms with van der Waals surface area (Å²) in [5, 5.41) is 10.1. The van der Waals surface area contributed by atoms with Crippen LogP contribution in [0.2, 0.25) is 0 Å². The van der Waals surface area contributed by atoms with Gasteiger partial charge in [-0.3, -0.25) is 0 Å². The first-order valence-electron chi connectivity index (χ1n) is 7.06. The number of H-pyrrole nitrogens is 1. The number of hydrogen-bond donors (Lipinski definition) is 2. The number of aromatic nitrogens is 4. The number of hydrogen-bond acceptors (Lipinski definition) is 5. The van der Waals surface area contributed by atoms with Crippen LogP contribution in [0, 0.1) is 5.82 Å². The molecule has 3 heterocycles. The highest BCUT2D eigenvalue weighted by Gasteiger charge is 2.34. The van der Waals surface area contributed by atoms with E-state index >= 15 is 0 Å². The molecule has 1 aliphatic rings. The van der Waals surface area contributed by atoms with Crippen LogP contribution in [0.25, 0.3) is 11.2 Å². The zero-order valence-electron chi connectivity index (χ0n) is 11.6. The molecule has 2 unspecified atom stereocenters. The monoisotopic (exact) mass is 299 g/mol. The van der Waals surface area contributed by atoms with E-state index in [1.807, 2.05) is 4.90 Å². The van der Waals surface area contributed by atoms with Gasteiger partial charge < -0.3 is 15.0 Å². The van der Waals surface area contributed by atoms with Gasteiger partial charge in [-0.15, -0.1) is 0 Å². The van der Waals surface area contributed by atoms with Gasteiger partial charge in [-0.05, 0) is 24.1 Å². The van der Waals surface area contributed by atoms with Crippen LogP contribution in [-0.4, -0.2) is 37.7 Å². The topological polar surface area (TPSA) is 77.9 Å². The number of aromatic amines is 1. The summed E-state index contributed by atoms with van der Waals surface area (Å²) in [6.07, 6.45) is 3.15. The minimum Gasteiger partial charge on any atom is -0.391 e. The number of fused-ring (bicyclic) bond motifs is 1. The summed E-state index contributed by atoms with van der Waals surface area (Å²) in [4.78, 5) is 17.6.